The first-order chi connectivity index (χ1) is 8.36. The number of nitrogens with one attached hydrogen (secondary N) is 1. The van der Waals surface area contributed by atoms with Crippen LogP contribution >= 0.6 is 0 Å². The van der Waals surface area contributed by atoms with Gasteiger partial charge in [-0.3, -0.25) is 0 Å². The molecule has 102 valence electrons. The van der Waals surface area contributed by atoms with E-state index in [9.17, 15) is 13.2 Å². The Hall–Kier alpha value is -1.07. The van der Waals surface area contributed by atoms with E-state index in [0.29, 0.717) is 6.54 Å². The summed E-state index contributed by atoms with van der Waals surface area (Å²) in [5, 5.41) is 3.04. The van der Waals surface area contributed by atoms with Crippen LogP contribution in [0, 0.1) is 0 Å². The first-order valence-electron chi connectivity index (χ1n) is 5.78. The molecule has 1 aromatic carbocycles. The Morgan fingerprint density at radius 3 is 2.39 bits per heavy atom. The van der Waals surface area contributed by atoms with Crippen LogP contribution in [0.4, 0.5) is 13.2 Å². The van der Waals surface area contributed by atoms with Gasteiger partial charge in [0.1, 0.15) is 0 Å². The van der Waals surface area contributed by atoms with Crippen LogP contribution in [-0.4, -0.2) is 19.8 Å². The number of benzene rings is 1. The number of methoxy groups -OCH3 is 1. The van der Waals surface area contributed by atoms with Crippen molar-refractivity contribution >= 4 is 0 Å². The third kappa shape index (κ3) is 3.99. The standard InChI is InChI=1S/C13H18F3NO/c1-9(18-3)8-17-10(2)11-6-4-5-7-12(11)13(14,15)16/h4-7,9-10,17H,8H2,1-3H3. The van der Waals surface area contributed by atoms with E-state index in [2.05, 4.69) is 5.32 Å². The molecule has 0 heterocycles. The third-order valence-corrected chi connectivity index (χ3v) is 2.85. The average Bonchev–Trinajstić information content (AvgIpc) is 2.34. The van der Waals surface area contributed by atoms with Gasteiger partial charge in [0, 0.05) is 19.7 Å². The Kier molecular flexibility index (Phi) is 5.16. The molecule has 0 bridgehead atoms. The van der Waals surface area contributed by atoms with Crippen molar-refractivity contribution in [2.24, 2.45) is 0 Å². The quantitative estimate of drug-likeness (QED) is 0.877. The molecule has 0 fully saturated rings. The van der Waals surface area contributed by atoms with Crippen molar-refractivity contribution in [3.63, 3.8) is 0 Å². The van der Waals surface area contributed by atoms with Crippen LogP contribution in [-0.2, 0) is 10.9 Å². The van der Waals surface area contributed by atoms with Gasteiger partial charge in [-0.1, -0.05) is 18.2 Å². The molecule has 0 amide bonds. The Bertz CT molecular complexity index is 379. The highest BCUT2D eigenvalue weighted by Crippen LogP contribution is 2.34. The lowest BCUT2D eigenvalue weighted by atomic mass is 10.0. The molecule has 0 aliphatic carbocycles. The van der Waals surface area contributed by atoms with E-state index >= 15 is 0 Å². The molecule has 1 rings (SSSR count). The van der Waals surface area contributed by atoms with Crippen molar-refractivity contribution in [2.45, 2.75) is 32.2 Å². The molecule has 0 aromatic heterocycles. The van der Waals surface area contributed by atoms with Crippen LogP contribution in [0.15, 0.2) is 24.3 Å². The Morgan fingerprint density at radius 1 is 1.22 bits per heavy atom. The van der Waals surface area contributed by atoms with Crippen LogP contribution < -0.4 is 5.32 Å². The first kappa shape index (κ1) is 15.0. The van der Waals surface area contributed by atoms with Crippen molar-refractivity contribution in [1.82, 2.24) is 5.32 Å². The molecule has 1 aromatic rings. The Balaban J connectivity index is 2.82. The maximum atomic E-state index is 12.8. The molecule has 0 radical (unpaired) electrons. The first-order valence-corrected chi connectivity index (χ1v) is 5.78. The summed E-state index contributed by atoms with van der Waals surface area (Å²) in [4.78, 5) is 0. The molecule has 0 spiro atoms. The van der Waals surface area contributed by atoms with Crippen LogP contribution in [0.2, 0.25) is 0 Å². The van der Waals surface area contributed by atoms with Gasteiger partial charge in [-0.05, 0) is 25.5 Å². The predicted molar refractivity (Wildman–Crippen MR) is 64.3 cm³/mol. The molecule has 0 aliphatic rings. The van der Waals surface area contributed by atoms with E-state index in [1.54, 1.807) is 20.1 Å². The number of hydrogen-bond donors (Lipinski definition) is 1. The second-order valence-electron chi connectivity index (χ2n) is 4.26. The summed E-state index contributed by atoms with van der Waals surface area (Å²) >= 11 is 0. The van der Waals surface area contributed by atoms with Gasteiger partial charge in [0.25, 0.3) is 0 Å². The Labute approximate surface area is 105 Å². The third-order valence-electron chi connectivity index (χ3n) is 2.85. The second-order valence-corrected chi connectivity index (χ2v) is 4.26. The van der Waals surface area contributed by atoms with Gasteiger partial charge in [0.2, 0.25) is 0 Å². The van der Waals surface area contributed by atoms with Gasteiger partial charge >= 0.3 is 6.18 Å². The van der Waals surface area contributed by atoms with Gasteiger partial charge in [0.15, 0.2) is 0 Å². The summed E-state index contributed by atoms with van der Waals surface area (Å²) in [5.41, 5.74) is -0.330. The molecular weight excluding hydrogens is 243 g/mol. The van der Waals surface area contributed by atoms with Crippen LogP contribution in [0.1, 0.15) is 31.0 Å². The van der Waals surface area contributed by atoms with Gasteiger partial charge < -0.3 is 10.1 Å². The van der Waals surface area contributed by atoms with E-state index in [1.807, 2.05) is 6.92 Å². The Morgan fingerprint density at radius 2 is 1.83 bits per heavy atom. The largest absolute Gasteiger partial charge is 0.416 e. The SMILES string of the molecule is COC(C)CNC(C)c1ccccc1C(F)(F)F. The van der Waals surface area contributed by atoms with E-state index in [0.717, 1.165) is 6.07 Å². The van der Waals surface area contributed by atoms with Gasteiger partial charge in [-0.15, -0.1) is 0 Å². The van der Waals surface area contributed by atoms with Gasteiger partial charge in [-0.25, -0.2) is 0 Å². The molecule has 2 atom stereocenters. The van der Waals surface area contributed by atoms with E-state index in [4.69, 9.17) is 4.74 Å². The topological polar surface area (TPSA) is 21.3 Å². The maximum Gasteiger partial charge on any atom is 0.416 e. The summed E-state index contributed by atoms with van der Waals surface area (Å²) in [6.45, 7) is 4.08. The minimum Gasteiger partial charge on any atom is -0.380 e. The molecule has 5 heteroatoms. The summed E-state index contributed by atoms with van der Waals surface area (Å²) in [5.74, 6) is 0. The molecule has 0 aliphatic heterocycles. The van der Waals surface area contributed by atoms with Crippen molar-refractivity contribution in [3.8, 4) is 0 Å². The van der Waals surface area contributed by atoms with Gasteiger partial charge in [0.05, 0.1) is 11.7 Å². The van der Waals surface area contributed by atoms with Gasteiger partial charge in [-0.2, -0.15) is 13.2 Å². The summed E-state index contributed by atoms with van der Waals surface area (Å²) in [6.07, 6.45) is -4.36. The molecule has 0 saturated heterocycles. The number of alkyl halides is 3. The fourth-order valence-electron chi connectivity index (χ4n) is 1.67. The molecule has 2 nitrogen and oxygen atoms in total. The predicted octanol–water partition coefficient (Wildman–Crippen LogP) is 3.39. The highest BCUT2D eigenvalue weighted by Gasteiger charge is 2.34. The summed E-state index contributed by atoms with van der Waals surface area (Å²) < 4.78 is 43.5. The summed E-state index contributed by atoms with van der Waals surface area (Å²) in [6, 6.07) is 5.24. The molecule has 18 heavy (non-hydrogen) atoms. The van der Waals surface area contributed by atoms with Crippen LogP contribution in [0.5, 0.6) is 0 Å². The fourth-order valence-corrected chi connectivity index (χ4v) is 1.67. The molecule has 2 unspecified atom stereocenters. The van der Waals surface area contributed by atoms with Crippen molar-refractivity contribution in [3.05, 3.63) is 35.4 Å². The zero-order chi connectivity index (χ0) is 13.8. The lowest BCUT2D eigenvalue weighted by Crippen LogP contribution is -2.29. The van der Waals surface area contributed by atoms with Crippen molar-refractivity contribution in [2.75, 3.05) is 13.7 Å². The van der Waals surface area contributed by atoms with E-state index in [1.165, 1.54) is 12.1 Å². The van der Waals surface area contributed by atoms with Crippen molar-refractivity contribution < 1.29 is 17.9 Å². The monoisotopic (exact) mass is 261 g/mol. The van der Waals surface area contributed by atoms with E-state index < -0.39 is 11.7 Å². The zero-order valence-corrected chi connectivity index (χ0v) is 10.7. The van der Waals surface area contributed by atoms with Crippen molar-refractivity contribution in [1.29, 1.82) is 0 Å². The highest BCUT2D eigenvalue weighted by molar-refractivity contribution is 5.32. The highest BCUT2D eigenvalue weighted by atomic mass is 19.4. The lowest BCUT2D eigenvalue weighted by molar-refractivity contribution is -0.138. The number of rotatable bonds is 5. The number of ether oxygens (including phenoxy) is 1. The van der Waals surface area contributed by atoms with Crippen LogP contribution in [0.25, 0.3) is 0 Å². The molecule has 0 saturated carbocycles. The normalized spacial score (nSPS) is 15.4. The average molecular weight is 261 g/mol. The van der Waals surface area contributed by atoms with Crippen LogP contribution in [0.3, 0.4) is 0 Å². The van der Waals surface area contributed by atoms with E-state index in [-0.39, 0.29) is 17.7 Å². The molecular formula is C13H18F3NO. The minimum atomic E-state index is -4.32. The second kappa shape index (κ2) is 6.20. The minimum absolute atomic E-state index is 0.0366. The lowest BCUT2D eigenvalue weighted by Gasteiger charge is -2.21. The number of hydrogen-bond acceptors (Lipinski definition) is 2. The summed E-state index contributed by atoms with van der Waals surface area (Å²) in [7, 11) is 1.57. The zero-order valence-electron chi connectivity index (χ0n) is 10.7. The number of halogens is 3. The molecule has 1 N–H and O–H groups in total. The fraction of sp³-hybridized carbons (Fsp3) is 0.538. The maximum absolute atomic E-state index is 12.8. The smallest absolute Gasteiger partial charge is 0.380 e.